The van der Waals surface area contributed by atoms with Crippen LogP contribution in [0.1, 0.15) is 22.3 Å². The van der Waals surface area contributed by atoms with E-state index in [1.54, 1.807) is 6.08 Å². The summed E-state index contributed by atoms with van der Waals surface area (Å²) in [5.74, 6) is 2.80. The minimum Gasteiger partial charge on any atom is -0.493 e. The van der Waals surface area contributed by atoms with Crippen molar-refractivity contribution in [3.63, 3.8) is 0 Å². The van der Waals surface area contributed by atoms with E-state index in [0.29, 0.717) is 6.54 Å². The summed E-state index contributed by atoms with van der Waals surface area (Å²) in [4.78, 5) is 11.9. The quantitative estimate of drug-likeness (QED) is 0.604. The number of hydrogen-bond acceptors (Lipinski definition) is 3. The Hall–Kier alpha value is -2.20. The number of fused-ring (bicyclic) bond motifs is 1. The Kier molecular flexibility index (Phi) is 6.18. The van der Waals surface area contributed by atoms with Crippen LogP contribution in [0.5, 0.6) is 5.75 Å². The number of carbonyl (C=O) groups excluding carboxylic acids is 1. The van der Waals surface area contributed by atoms with Crippen molar-refractivity contribution < 1.29 is 9.53 Å². The lowest BCUT2D eigenvalue weighted by Crippen LogP contribution is -2.23. The Bertz CT molecular complexity index is 753. The highest BCUT2D eigenvalue weighted by Crippen LogP contribution is 2.26. The van der Waals surface area contributed by atoms with Gasteiger partial charge in [0.15, 0.2) is 0 Å². The molecule has 1 aliphatic rings. The lowest BCUT2D eigenvalue weighted by atomic mass is 10.1. The summed E-state index contributed by atoms with van der Waals surface area (Å²) in [5.41, 5.74) is 4.86. The number of rotatable bonds is 7. The van der Waals surface area contributed by atoms with Crippen LogP contribution in [0.25, 0.3) is 6.08 Å². The Morgan fingerprint density at radius 2 is 2.08 bits per heavy atom. The van der Waals surface area contributed by atoms with Crippen LogP contribution < -0.4 is 10.1 Å². The minimum absolute atomic E-state index is 0.0484. The predicted octanol–water partition coefficient (Wildman–Crippen LogP) is 3.99. The van der Waals surface area contributed by atoms with E-state index in [9.17, 15) is 4.79 Å². The third-order valence-electron chi connectivity index (χ3n) is 4.08. The molecule has 0 saturated heterocycles. The van der Waals surface area contributed by atoms with Crippen molar-refractivity contribution in [2.45, 2.75) is 19.1 Å². The molecule has 0 radical (unpaired) electrons. The number of nitrogens with one attached hydrogen (secondary N) is 1. The van der Waals surface area contributed by atoms with Crippen LogP contribution in [0, 0.1) is 6.92 Å². The van der Waals surface area contributed by atoms with Crippen LogP contribution in [-0.4, -0.2) is 24.8 Å². The van der Waals surface area contributed by atoms with Gasteiger partial charge in [0.25, 0.3) is 0 Å². The average molecular weight is 353 g/mol. The molecule has 0 aliphatic carbocycles. The zero-order chi connectivity index (χ0) is 17.5. The number of amides is 1. The van der Waals surface area contributed by atoms with Crippen LogP contribution in [-0.2, 0) is 17.0 Å². The predicted molar refractivity (Wildman–Crippen MR) is 105 cm³/mol. The van der Waals surface area contributed by atoms with E-state index in [1.807, 2.05) is 30.0 Å². The largest absolute Gasteiger partial charge is 0.493 e. The first kappa shape index (κ1) is 17.6. The molecular formula is C21H23NO2S. The molecule has 4 heteroatoms. The van der Waals surface area contributed by atoms with Gasteiger partial charge < -0.3 is 10.1 Å². The fourth-order valence-corrected chi connectivity index (χ4v) is 3.48. The Morgan fingerprint density at radius 1 is 1.24 bits per heavy atom. The molecule has 0 spiro atoms. The Morgan fingerprint density at radius 3 is 2.92 bits per heavy atom. The molecule has 130 valence electrons. The van der Waals surface area contributed by atoms with Gasteiger partial charge in [-0.25, -0.2) is 0 Å². The molecule has 3 nitrogen and oxygen atoms in total. The zero-order valence-corrected chi connectivity index (χ0v) is 15.3. The Balaban J connectivity index is 1.36. The number of carbonyl (C=O) groups is 1. The monoisotopic (exact) mass is 353 g/mol. The van der Waals surface area contributed by atoms with Crippen molar-refractivity contribution in [1.82, 2.24) is 5.32 Å². The molecule has 1 aliphatic heterocycles. The van der Waals surface area contributed by atoms with Gasteiger partial charge in [-0.05, 0) is 41.8 Å². The molecule has 3 rings (SSSR count). The smallest absolute Gasteiger partial charge is 0.244 e. The highest BCUT2D eigenvalue weighted by Gasteiger charge is 2.11. The van der Waals surface area contributed by atoms with Crippen molar-refractivity contribution in [2.75, 3.05) is 18.9 Å². The molecule has 0 atom stereocenters. The van der Waals surface area contributed by atoms with Gasteiger partial charge in [0.05, 0.1) is 6.61 Å². The van der Waals surface area contributed by atoms with Gasteiger partial charge in [-0.2, -0.15) is 11.8 Å². The van der Waals surface area contributed by atoms with Crippen molar-refractivity contribution in [1.29, 1.82) is 0 Å². The van der Waals surface area contributed by atoms with E-state index in [2.05, 4.69) is 42.6 Å². The summed E-state index contributed by atoms with van der Waals surface area (Å²) in [6.07, 6.45) is 4.40. The molecule has 0 bridgehead atoms. The topological polar surface area (TPSA) is 38.3 Å². The fraction of sp³-hybridized carbons (Fsp3) is 0.286. The normalized spacial score (nSPS) is 12.8. The summed E-state index contributed by atoms with van der Waals surface area (Å²) in [6, 6.07) is 14.6. The molecule has 25 heavy (non-hydrogen) atoms. The molecule has 0 aromatic heterocycles. The molecule has 0 fully saturated rings. The molecule has 2 aromatic carbocycles. The maximum absolute atomic E-state index is 11.9. The van der Waals surface area contributed by atoms with Crippen molar-refractivity contribution in [3.8, 4) is 5.75 Å². The van der Waals surface area contributed by atoms with Crippen LogP contribution in [0.15, 0.2) is 48.5 Å². The van der Waals surface area contributed by atoms with E-state index < -0.39 is 0 Å². The summed E-state index contributed by atoms with van der Waals surface area (Å²) in [5, 5.41) is 2.93. The second kappa shape index (κ2) is 8.77. The number of hydrogen-bond donors (Lipinski definition) is 1. The third-order valence-corrected chi connectivity index (χ3v) is 5.11. The maximum atomic E-state index is 11.9. The third kappa shape index (κ3) is 5.40. The van der Waals surface area contributed by atoms with E-state index in [0.717, 1.165) is 35.8 Å². The maximum Gasteiger partial charge on any atom is 0.244 e. The van der Waals surface area contributed by atoms with Crippen molar-refractivity contribution >= 4 is 23.7 Å². The summed E-state index contributed by atoms with van der Waals surface area (Å²) in [7, 11) is 0. The van der Waals surface area contributed by atoms with Gasteiger partial charge in [0, 0.05) is 30.5 Å². The second-order valence-corrected chi connectivity index (χ2v) is 7.23. The van der Waals surface area contributed by atoms with E-state index in [4.69, 9.17) is 4.74 Å². The second-order valence-electron chi connectivity index (χ2n) is 6.13. The van der Waals surface area contributed by atoms with Crippen LogP contribution in [0.4, 0.5) is 0 Å². The first-order valence-corrected chi connectivity index (χ1v) is 9.71. The van der Waals surface area contributed by atoms with Crippen molar-refractivity contribution in [2.24, 2.45) is 0 Å². The first-order valence-electron chi connectivity index (χ1n) is 8.56. The van der Waals surface area contributed by atoms with Gasteiger partial charge in [0.2, 0.25) is 5.91 Å². The molecule has 1 amide bonds. The summed E-state index contributed by atoms with van der Waals surface area (Å²) in [6.45, 7) is 3.53. The van der Waals surface area contributed by atoms with Crippen LogP contribution >= 0.6 is 11.8 Å². The van der Waals surface area contributed by atoms with Crippen LogP contribution in [0.2, 0.25) is 0 Å². The molecule has 2 aromatic rings. The van der Waals surface area contributed by atoms with Crippen LogP contribution in [0.3, 0.4) is 0 Å². The highest BCUT2D eigenvalue weighted by molar-refractivity contribution is 7.98. The fourth-order valence-electron chi connectivity index (χ4n) is 2.66. The summed E-state index contributed by atoms with van der Waals surface area (Å²) >= 11 is 1.83. The SMILES string of the molecule is Cc1ccc(CSCCNC(=O)/C=C/c2ccc3c(c2)CCO3)cc1. The highest BCUT2D eigenvalue weighted by atomic mass is 32.2. The average Bonchev–Trinajstić information content (AvgIpc) is 3.09. The first-order chi connectivity index (χ1) is 12.2. The Labute approximate surface area is 153 Å². The summed E-state index contributed by atoms with van der Waals surface area (Å²) < 4.78 is 5.49. The lowest BCUT2D eigenvalue weighted by Gasteiger charge is -2.04. The number of thioether (sulfide) groups is 1. The molecule has 0 unspecified atom stereocenters. The van der Waals surface area contributed by atoms with E-state index >= 15 is 0 Å². The molecule has 1 heterocycles. The number of aryl methyl sites for hydroxylation is 1. The lowest BCUT2D eigenvalue weighted by molar-refractivity contribution is -0.116. The van der Waals surface area contributed by atoms with E-state index in [-0.39, 0.29) is 5.91 Å². The van der Waals surface area contributed by atoms with Crippen molar-refractivity contribution in [3.05, 3.63) is 70.8 Å². The standard InChI is InChI=1S/C21H23NO2S/c1-16-2-4-18(5-3-16)15-25-13-11-22-21(23)9-7-17-6-8-20-19(14-17)10-12-24-20/h2-9,14H,10-13,15H2,1H3,(H,22,23)/b9-7+. The minimum atomic E-state index is -0.0484. The van der Waals surface area contributed by atoms with Gasteiger partial charge >= 0.3 is 0 Å². The van der Waals surface area contributed by atoms with Gasteiger partial charge in [-0.3, -0.25) is 4.79 Å². The van der Waals surface area contributed by atoms with E-state index in [1.165, 1.54) is 16.7 Å². The van der Waals surface area contributed by atoms with Gasteiger partial charge in [-0.1, -0.05) is 35.9 Å². The van der Waals surface area contributed by atoms with Gasteiger partial charge in [-0.15, -0.1) is 0 Å². The van der Waals surface area contributed by atoms with Gasteiger partial charge in [0.1, 0.15) is 5.75 Å². The molecule has 1 N–H and O–H groups in total. The number of benzene rings is 2. The molecular weight excluding hydrogens is 330 g/mol. The zero-order valence-electron chi connectivity index (χ0n) is 14.5. The number of ether oxygens (including phenoxy) is 1. The molecule has 0 saturated carbocycles.